The fraction of sp³-hybridized carbons (Fsp3) is 0.222. The maximum atomic E-state index is 13.1. The highest BCUT2D eigenvalue weighted by Crippen LogP contribution is 2.38. The quantitative estimate of drug-likeness (QED) is 0.451. The zero-order valence-corrected chi connectivity index (χ0v) is 16.3. The molecule has 0 aliphatic rings. The molecule has 1 aromatic carbocycles. The van der Waals surface area contributed by atoms with E-state index in [1.54, 1.807) is 13.0 Å². The Labute approximate surface area is 167 Å². The van der Waals surface area contributed by atoms with Crippen LogP contribution in [-0.2, 0) is 22.3 Å². The van der Waals surface area contributed by atoms with Gasteiger partial charge in [0.2, 0.25) is 0 Å². The Morgan fingerprint density at radius 1 is 1.25 bits per heavy atom. The minimum atomic E-state index is -4.61. The molecule has 0 aliphatic carbocycles. The lowest BCUT2D eigenvalue weighted by Gasteiger charge is -2.06. The molecule has 0 bridgehead atoms. The van der Waals surface area contributed by atoms with E-state index in [1.165, 1.54) is 11.3 Å². The predicted molar refractivity (Wildman–Crippen MR) is 103 cm³/mol. The average Bonchev–Trinajstić information content (AvgIpc) is 3.28. The summed E-state index contributed by atoms with van der Waals surface area (Å²) in [7, 11) is 0. The van der Waals surface area contributed by atoms with Crippen LogP contribution in [0.5, 0.6) is 0 Å². The lowest BCUT2D eigenvalue weighted by molar-refractivity contribution is -0.146. The Bertz CT molecular complexity index is 983. The number of carbonyl (C=O) groups excluding carboxylic acids is 1. The van der Waals surface area contributed by atoms with Gasteiger partial charge in [-0.3, -0.25) is 14.6 Å². The third kappa shape index (κ3) is 4.57. The Balaban J connectivity index is 1.99. The van der Waals surface area contributed by atoms with Gasteiger partial charge in [0, 0.05) is 9.77 Å². The summed E-state index contributed by atoms with van der Waals surface area (Å²) in [5, 5.41) is 9.15. The van der Waals surface area contributed by atoms with E-state index < -0.39 is 24.4 Å². The van der Waals surface area contributed by atoms with Crippen molar-refractivity contribution in [2.75, 3.05) is 6.61 Å². The van der Waals surface area contributed by atoms with Gasteiger partial charge in [-0.25, -0.2) is 0 Å². The van der Waals surface area contributed by atoms with Crippen molar-refractivity contribution >= 4 is 29.3 Å². The summed E-state index contributed by atoms with van der Waals surface area (Å²) >= 11 is 2.42. The minimum absolute atomic E-state index is 0.139. The summed E-state index contributed by atoms with van der Waals surface area (Å²) in [6.07, 6.45) is -4.61. The molecule has 0 saturated heterocycles. The second-order valence-corrected chi connectivity index (χ2v) is 7.48. The van der Waals surface area contributed by atoms with Gasteiger partial charge in [-0.15, -0.1) is 11.3 Å². The van der Waals surface area contributed by atoms with Gasteiger partial charge in [0.15, 0.2) is 5.69 Å². The van der Waals surface area contributed by atoms with Crippen LogP contribution < -0.4 is 5.14 Å². The van der Waals surface area contributed by atoms with E-state index in [9.17, 15) is 18.0 Å². The molecule has 5 nitrogen and oxygen atoms in total. The maximum absolute atomic E-state index is 13.1. The third-order valence-electron chi connectivity index (χ3n) is 3.77. The number of benzene rings is 1. The molecule has 2 aromatic heterocycles. The van der Waals surface area contributed by atoms with Crippen LogP contribution >= 0.6 is 23.3 Å². The molecule has 148 valence electrons. The summed E-state index contributed by atoms with van der Waals surface area (Å²) < 4.78 is 45.3. The summed E-state index contributed by atoms with van der Waals surface area (Å²) in [6.45, 7) is 1.37. The maximum Gasteiger partial charge on any atom is 0.435 e. The normalized spacial score (nSPS) is 11.6. The number of halogens is 3. The standard InChI is InChI=1S/C18H16F3N3O2S2/c1-2-26-17(25)10-24-13(9-16(23-24)18(19,20)21)15-7-6-14(27-15)11-4-3-5-12(8-11)28-22/h3-9H,2,10,22H2,1H3. The molecule has 3 rings (SSSR count). The lowest BCUT2D eigenvalue weighted by atomic mass is 10.2. The Morgan fingerprint density at radius 2 is 2.00 bits per heavy atom. The van der Waals surface area contributed by atoms with Crippen molar-refractivity contribution in [2.45, 2.75) is 24.5 Å². The molecule has 0 atom stereocenters. The van der Waals surface area contributed by atoms with E-state index >= 15 is 0 Å². The molecule has 28 heavy (non-hydrogen) atoms. The number of esters is 1. The highest BCUT2D eigenvalue weighted by molar-refractivity contribution is 7.97. The first kappa shape index (κ1) is 20.4. The lowest BCUT2D eigenvalue weighted by Crippen LogP contribution is -2.16. The largest absolute Gasteiger partial charge is 0.465 e. The van der Waals surface area contributed by atoms with Gasteiger partial charge in [0.05, 0.1) is 17.2 Å². The van der Waals surface area contributed by atoms with Gasteiger partial charge < -0.3 is 4.74 Å². The Hall–Kier alpha value is -2.30. The molecule has 3 aromatic rings. The smallest absolute Gasteiger partial charge is 0.435 e. The molecule has 0 aliphatic heterocycles. The molecule has 2 heterocycles. The van der Waals surface area contributed by atoms with Gasteiger partial charge >= 0.3 is 12.1 Å². The highest BCUT2D eigenvalue weighted by Gasteiger charge is 2.35. The van der Waals surface area contributed by atoms with Crippen LogP contribution in [0, 0.1) is 0 Å². The fourth-order valence-electron chi connectivity index (χ4n) is 2.56. The van der Waals surface area contributed by atoms with Crippen molar-refractivity contribution in [3.63, 3.8) is 0 Å². The molecule has 0 spiro atoms. The van der Waals surface area contributed by atoms with Crippen LogP contribution in [0.15, 0.2) is 47.4 Å². The molecule has 2 N–H and O–H groups in total. The molecule has 0 amide bonds. The summed E-state index contributed by atoms with van der Waals surface area (Å²) in [5.74, 6) is -0.648. The first-order valence-electron chi connectivity index (χ1n) is 8.20. The second kappa shape index (κ2) is 8.38. The molecule has 0 unspecified atom stereocenters. The van der Waals surface area contributed by atoms with E-state index in [0.29, 0.717) is 4.88 Å². The van der Waals surface area contributed by atoms with Crippen LogP contribution in [-0.4, -0.2) is 22.4 Å². The van der Waals surface area contributed by atoms with Gasteiger partial charge in [-0.1, -0.05) is 12.1 Å². The fourth-order valence-corrected chi connectivity index (χ4v) is 3.93. The number of rotatable bonds is 6. The van der Waals surface area contributed by atoms with Gasteiger partial charge in [0.25, 0.3) is 0 Å². The van der Waals surface area contributed by atoms with Crippen molar-refractivity contribution in [1.29, 1.82) is 0 Å². The zero-order chi connectivity index (χ0) is 20.3. The van der Waals surface area contributed by atoms with Crippen molar-refractivity contribution in [1.82, 2.24) is 9.78 Å². The number of alkyl halides is 3. The molecule has 10 heteroatoms. The minimum Gasteiger partial charge on any atom is -0.465 e. The van der Waals surface area contributed by atoms with E-state index in [4.69, 9.17) is 9.88 Å². The van der Waals surface area contributed by atoms with Gasteiger partial charge in [0.1, 0.15) is 6.54 Å². The number of hydrogen-bond donors (Lipinski definition) is 1. The average molecular weight is 427 g/mol. The Kier molecular flexibility index (Phi) is 6.11. The van der Waals surface area contributed by atoms with Crippen LogP contribution in [0.3, 0.4) is 0 Å². The number of aromatic nitrogens is 2. The monoisotopic (exact) mass is 427 g/mol. The van der Waals surface area contributed by atoms with E-state index in [0.717, 1.165) is 38.0 Å². The van der Waals surface area contributed by atoms with Crippen molar-refractivity contribution in [2.24, 2.45) is 5.14 Å². The molecular formula is C18H16F3N3O2S2. The number of ether oxygens (including phenoxy) is 1. The first-order chi connectivity index (χ1) is 13.3. The SMILES string of the molecule is CCOC(=O)Cn1nc(C(F)(F)F)cc1-c1ccc(-c2cccc(SN)c2)s1. The second-order valence-electron chi connectivity index (χ2n) is 5.68. The number of nitrogens with two attached hydrogens (primary N) is 1. The van der Waals surface area contributed by atoms with E-state index in [2.05, 4.69) is 5.10 Å². The number of carbonyl (C=O) groups is 1. The number of nitrogens with zero attached hydrogens (tertiary/aromatic N) is 2. The summed E-state index contributed by atoms with van der Waals surface area (Å²) in [6, 6.07) is 12.0. The summed E-state index contributed by atoms with van der Waals surface area (Å²) in [4.78, 5) is 14.1. The zero-order valence-electron chi connectivity index (χ0n) is 14.7. The number of thiophene rings is 1. The van der Waals surface area contributed by atoms with E-state index in [1.807, 2.05) is 30.3 Å². The van der Waals surface area contributed by atoms with Crippen molar-refractivity contribution in [3.8, 4) is 21.0 Å². The van der Waals surface area contributed by atoms with Crippen molar-refractivity contribution < 1.29 is 22.7 Å². The van der Waals surface area contributed by atoms with Crippen LogP contribution in [0.2, 0.25) is 0 Å². The van der Waals surface area contributed by atoms with Crippen LogP contribution in [0.1, 0.15) is 12.6 Å². The Morgan fingerprint density at radius 3 is 2.68 bits per heavy atom. The predicted octanol–water partition coefficient (Wildman–Crippen LogP) is 4.83. The topological polar surface area (TPSA) is 70.1 Å². The first-order valence-corrected chi connectivity index (χ1v) is 9.89. The molecule has 0 saturated carbocycles. The van der Waals surface area contributed by atoms with Gasteiger partial charge in [-0.2, -0.15) is 18.3 Å². The number of hydrogen-bond acceptors (Lipinski definition) is 6. The third-order valence-corrected chi connectivity index (χ3v) is 5.45. The van der Waals surface area contributed by atoms with Crippen LogP contribution in [0.4, 0.5) is 13.2 Å². The van der Waals surface area contributed by atoms with Crippen molar-refractivity contribution in [3.05, 3.63) is 48.2 Å². The molecule has 0 radical (unpaired) electrons. The summed E-state index contributed by atoms with van der Waals surface area (Å²) in [5.41, 5.74) is 0.0588. The molecular weight excluding hydrogens is 411 g/mol. The van der Waals surface area contributed by atoms with Gasteiger partial charge in [-0.05, 0) is 54.8 Å². The molecule has 0 fully saturated rings. The van der Waals surface area contributed by atoms with Crippen LogP contribution in [0.25, 0.3) is 21.0 Å². The highest BCUT2D eigenvalue weighted by atomic mass is 32.2. The van der Waals surface area contributed by atoms with E-state index in [-0.39, 0.29) is 12.3 Å².